The fraction of sp³-hybridized carbons (Fsp3) is 0.259. The molecule has 0 radical (unpaired) electrons. The molecule has 5 aromatic carbocycles. The van der Waals surface area contributed by atoms with E-state index in [2.05, 4.69) is 74.5 Å². The maximum Gasteiger partial charge on any atom is -0.00237 e. The lowest BCUT2D eigenvalue weighted by atomic mass is 9.88. The normalized spacial score (nSPS) is 9.85. The highest BCUT2D eigenvalue weighted by Crippen LogP contribution is 2.41. The van der Waals surface area contributed by atoms with Crippen LogP contribution in [-0.2, 0) is 0 Å². The van der Waals surface area contributed by atoms with Crippen LogP contribution in [0.1, 0.15) is 48.3 Å². The summed E-state index contributed by atoms with van der Waals surface area (Å²) in [6, 6.07) is 22.6. The van der Waals surface area contributed by atoms with Gasteiger partial charge in [0.1, 0.15) is 0 Å². The Morgan fingerprint density at radius 2 is 1.04 bits per heavy atom. The molecule has 0 aliphatic rings. The van der Waals surface area contributed by atoms with Gasteiger partial charge in [-0.15, -0.1) is 0 Å². The third-order valence-corrected chi connectivity index (χ3v) is 4.96. The molecule has 27 heavy (non-hydrogen) atoms. The second kappa shape index (κ2) is 8.39. The quantitative estimate of drug-likeness (QED) is 0.190. The zero-order valence-electron chi connectivity index (χ0n) is 12.8. The van der Waals surface area contributed by atoms with Gasteiger partial charge in [0.25, 0.3) is 0 Å². The molecule has 0 N–H and O–H groups in total. The third kappa shape index (κ3) is 3.14. The van der Waals surface area contributed by atoms with Crippen LogP contribution in [0.4, 0.5) is 0 Å². The molecule has 0 unspecified atom stereocenters. The maximum absolute atomic E-state index is 2.34. The SMILES string of the molecule is C.C.C.C.C.Cc1cc2cccc3c4cccc5c(C)ccc(c(c1)c23)c54. The summed E-state index contributed by atoms with van der Waals surface area (Å²) in [4.78, 5) is 0. The molecule has 5 aromatic rings. The minimum absolute atomic E-state index is 0. The van der Waals surface area contributed by atoms with E-state index in [1.54, 1.807) is 0 Å². The predicted octanol–water partition coefficient (Wildman–Crippen LogP) is 9.53. The molecular formula is C27H36. The van der Waals surface area contributed by atoms with Crippen molar-refractivity contribution in [3.63, 3.8) is 0 Å². The average molecular weight is 361 g/mol. The van der Waals surface area contributed by atoms with Crippen molar-refractivity contribution in [3.8, 4) is 0 Å². The van der Waals surface area contributed by atoms with E-state index >= 15 is 0 Å². The lowest BCUT2D eigenvalue weighted by Crippen LogP contribution is -1.89. The van der Waals surface area contributed by atoms with Crippen LogP contribution in [0.25, 0.3) is 43.1 Å². The molecule has 0 saturated carbocycles. The fourth-order valence-corrected chi connectivity index (χ4v) is 4.02. The van der Waals surface area contributed by atoms with Crippen molar-refractivity contribution in [2.24, 2.45) is 0 Å². The fourth-order valence-electron chi connectivity index (χ4n) is 4.02. The second-order valence-corrected chi connectivity index (χ2v) is 6.37. The summed E-state index contributed by atoms with van der Waals surface area (Å²) in [5.74, 6) is 0. The number of benzene rings is 5. The van der Waals surface area contributed by atoms with Crippen molar-refractivity contribution in [2.75, 3.05) is 0 Å². The van der Waals surface area contributed by atoms with Crippen LogP contribution in [0, 0.1) is 13.8 Å². The van der Waals surface area contributed by atoms with Crippen LogP contribution < -0.4 is 0 Å². The number of rotatable bonds is 0. The number of fused-ring (bicyclic) bond motifs is 2. The molecule has 0 saturated heterocycles. The van der Waals surface area contributed by atoms with Crippen molar-refractivity contribution in [1.82, 2.24) is 0 Å². The van der Waals surface area contributed by atoms with Gasteiger partial charge in [0, 0.05) is 0 Å². The van der Waals surface area contributed by atoms with Gasteiger partial charge >= 0.3 is 0 Å². The van der Waals surface area contributed by atoms with Crippen LogP contribution in [0.15, 0.2) is 60.7 Å². The summed E-state index contributed by atoms with van der Waals surface area (Å²) in [5, 5.41) is 11.0. The summed E-state index contributed by atoms with van der Waals surface area (Å²) < 4.78 is 0. The molecule has 0 atom stereocenters. The van der Waals surface area contributed by atoms with Crippen LogP contribution in [0.2, 0.25) is 0 Å². The van der Waals surface area contributed by atoms with E-state index in [0.29, 0.717) is 0 Å². The zero-order chi connectivity index (χ0) is 14.8. The number of hydrogen-bond donors (Lipinski definition) is 0. The van der Waals surface area contributed by atoms with Gasteiger partial charge in [-0.3, -0.25) is 0 Å². The predicted molar refractivity (Wildman–Crippen MR) is 131 cm³/mol. The third-order valence-electron chi connectivity index (χ3n) is 4.96. The van der Waals surface area contributed by atoms with Crippen LogP contribution in [-0.4, -0.2) is 0 Å². The molecule has 0 aliphatic carbocycles. The van der Waals surface area contributed by atoms with Gasteiger partial charge in [0.05, 0.1) is 0 Å². The van der Waals surface area contributed by atoms with E-state index in [0.717, 1.165) is 0 Å². The minimum atomic E-state index is 0. The largest absolute Gasteiger partial charge is 0.0776 e. The topological polar surface area (TPSA) is 0 Å². The van der Waals surface area contributed by atoms with E-state index < -0.39 is 0 Å². The molecule has 0 aromatic heterocycles. The van der Waals surface area contributed by atoms with Gasteiger partial charge in [-0.25, -0.2) is 0 Å². The van der Waals surface area contributed by atoms with Crippen LogP contribution in [0.5, 0.6) is 0 Å². The highest BCUT2D eigenvalue weighted by molar-refractivity contribution is 6.33. The molecule has 0 fully saturated rings. The van der Waals surface area contributed by atoms with E-state index in [1.807, 2.05) is 0 Å². The second-order valence-electron chi connectivity index (χ2n) is 6.37. The molecule has 0 amide bonds. The molecule has 0 nitrogen and oxygen atoms in total. The van der Waals surface area contributed by atoms with Crippen molar-refractivity contribution in [1.29, 1.82) is 0 Å². The van der Waals surface area contributed by atoms with Gasteiger partial charge in [0.15, 0.2) is 0 Å². The lowest BCUT2D eigenvalue weighted by molar-refractivity contribution is 1.52. The minimum Gasteiger partial charge on any atom is -0.0776 e. The first-order chi connectivity index (χ1) is 10.7. The first-order valence-corrected chi connectivity index (χ1v) is 7.80. The molecule has 0 aliphatic heterocycles. The van der Waals surface area contributed by atoms with Gasteiger partial charge in [-0.2, -0.15) is 0 Å². The van der Waals surface area contributed by atoms with Gasteiger partial charge in [0.2, 0.25) is 0 Å². The first kappa shape index (κ1) is 24.4. The highest BCUT2D eigenvalue weighted by atomic mass is 14.2. The Morgan fingerprint density at radius 1 is 0.481 bits per heavy atom. The van der Waals surface area contributed by atoms with Crippen LogP contribution >= 0.6 is 0 Å². The molecule has 5 rings (SSSR count). The Kier molecular flexibility index (Phi) is 7.59. The van der Waals surface area contributed by atoms with Crippen molar-refractivity contribution in [3.05, 3.63) is 71.8 Å². The summed E-state index contributed by atoms with van der Waals surface area (Å²) in [7, 11) is 0. The van der Waals surface area contributed by atoms with E-state index in [4.69, 9.17) is 0 Å². The molecule has 0 bridgehead atoms. The molecular weight excluding hydrogens is 324 g/mol. The van der Waals surface area contributed by atoms with E-state index in [9.17, 15) is 0 Å². The summed E-state index contributed by atoms with van der Waals surface area (Å²) in [6.07, 6.45) is 0. The number of aryl methyl sites for hydroxylation is 2. The Hall–Kier alpha value is -2.60. The van der Waals surface area contributed by atoms with Gasteiger partial charge in [-0.05, 0) is 68.1 Å². The first-order valence-electron chi connectivity index (χ1n) is 7.80. The monoisotopic (exact) mass is 360 g/mol. The smallest absolute Gasteiger partial charge is 0.00237 e. The molecule has 0 heterocycles. The van der Waals surface area contributed by atoms with E-state index in [-0.39, 0.29) is 37.1 Å². The summed E-state index contributed by atoms with van der Waals surface area (Å²) >= 11 is 0. The molecule has 0 heteroatoms. The molecule has 0 spiro atoms. The standard InChI is InChI=1S/C22H16.5CH4/c1-13-11-15-5-3-7-17-18-8-4-6-16-14(2)9-10-19(22(16)18)20(12-13)21(15)17;;;;;/h3-12H,1-2H3;5*1H4. The Morgan fingerprint density at radius 3 is 1.74 bits per heavy atom. The van der Waals surface area contributed by atoms with Gasteiger partial charge in [-0.1, -0.05) is 97.8 Å². The average Bonchev–Trinajstić information content (AvgIpc) is 2.53. The summed E-state index contributed by atoms with van der Waals surface area (Å²) in [5.41, 5.74) is 2.68. The zero-order valence-corrected chi connectivity index (χ0v) is 12.8. The van der Waals surface area contributed by atoms with Crippen molar-refractivity contribution >= 4 is 43.1 Å². The number of hydrogen-bond acceptors (Lipinski definition) is 0. The summed E-state index contributed by atoms with van der Waals surface area (Å²) in [6.45, 7) is 4.39. The Bertz CT molecular complexity index is 1180. The van der Waals surface area contributed by atoms with Crippen molar-refractivity contribution in [2.45, 2.75) is 51.0 Å². The van der Waals surface area contributed by atoms with E-state index in [1.165, 1.54) is 54.2 Å². The van der Waals surface area contributed by atoms with Gasteiger partial charge < -0.3 is 0 Å². The Labute approximate surface area is 166 Å². The van der Waals surface area contributed by atoms with Crippen molar-refractivity contribution < 1.29 is 0 Å². The Balaban J connectivity index is 0.00000135. The highest BCUT2D eigenvalue weighted by Gasteiger charge is 2.13. The lowest BCUT2D eigenvalue weighted by Gasteiger charge is -2.15. The maximum atomic E-state index is 2.34. The molecule has 144 valence electrons. The van der Waals surface area contributed by atoms with Crippen LogP contribution in [0.3, 0.4) is 0 Å².